The lowest BCUT2D eigenvalue weighted by Crippen LogP contribution is -2.41. The van der Waals surface area contributed by atoms with Crippen LogP contribution in [0.15, 0.2) is 73.9 Å². The van der Waals surface area contributed by atoms with E-state index in [1.807, 2.05) is 0 Å². The number of Topliss-reactive ketones (excluding diaryl/α,β-unsaturated/α-hetero) is 1. The van der Waals surface area contributed by atoms with Crippen molar-refractivity contribution in [3.8, 4) is 16.9 Å². The summed E-state index contributed by atoms with van der Waals surface area (Å²) < 4.78 is 6.68. The van der Waals surface area contributed by atoms with Gasteiger partial charge in [-0.25, -0.2) is 4.79 Å². The molecule has 0 amide bonds. The largest absolute Gasteiger partial charge is 0.438 e. The van der Waals surface area contributed by atoms with Gasteiger partial charge < -0.3 is 5.84 Å². The minimum atomic E-state index is -0.853. The average Bonchev–Trinajstić information content (AvgIpc) is 3.22. The van der Waals surface area contributed by atoms with Gasteiger partial charge in [-0.3, -0.25) is 24.2 Å². The van der Waals surface area contributed by atoms with Gasteiger partial charge in [0.15, 0.2) is 5.69 Å². The predicted octanol–water partition coefficient (Wildman–Crippen LogP) is 0.460. The first kappa shape index (κ1) is 21.6. The SMILES string of the molecule is Nn1c(SCC(=O)c2c(=O)o[nH][n+]2-c2ccccc2)nnc(-c2ccc([N+](=O)[O-])cc2)c1=O. The van der Waals surface area contributed by atoms with Crippen LogP contribution in [-0.4, -0.2) is 36.6 Å². The van der Waals surface area contributed by atoms with Crippen LogP contribution in [0, 0.1) is 10.1 Å². The number of rotatable bonds is 7. The second kappa shape index (κ2) is 8.88. The Labute approximate surface area is 187 Å². The molecule has 14 heteroatoms. The Morgan fingerprint density at radius 2 is 1.85 bits per heavy atom. The number of nitrogens with two attached hydrogens (primary N) is 1. The van der Waals surface area contributed by atoms with Crippen LogP contribution in [-0.2, 0) is 0 Å². The van der Waals surface area contributed by atoms with E-state index < -0.39 is 21.9 Å². The molecule has 33 heavy (non-hydrogen) atoms. The first-order valence-corrected chi connectivity index (χ1v) is 10.2. The Hall–Kier alpha value is -4.59. The van der Waals surface area contributed by atoms with Crippen molar-refractivity contribution >= 4 is 23.2 Å². The van der Waals surface area contributed by atoms with E-state index >= 15 is 0 Å². The molecule has 0 fully saturated rings. The Bertz CT molecular complexity index is 1460. The standard InChI is InChI=1S/C19H13N7O6S/c20-24-17(28)15(11-6-8-13(9-7-11)26(30)31)21-22-19(24)33-10-14(27)16-18(29)32-23-25(16)12-4-2-1-3-5-12/h1-9H,10,20H2/p+1. The molecule has 0 bridgehead atoms. The normalized spacial score (nSPS) is 10.8. The summed E-state index contributed by atoms with van der Waals surface area (Å²) in [5, 5.41) is 20.8. The number of non-ortho nitro benzene ring substituents is 1. The maximum Gasteiger partial charge on any atom is 0.438 e. The molecule has 166 valence electrons. The Balaban J connectivity index is 1.55. The van der Waals surface area contributed by atoms with Crippen molar-refractivity contribution < 1.29 is 18.9 Å². The third-order valence-electron chi connectivity index (χ3n) is 4.47. The Morgan fingerprint density at radius 1 is 1.15 bits per heavy atom. The van der Waals surface area contributed by atoms with Gasteiger partial charge in [-0.1, -0.05) is 30.0 Å². The minimum Gasteiger partial charge on any atom is -0.334 e. The number of thioether (sulfide) groups is 1. The highest BCUT2D eigenvalue weighted by atomic mass is 32.2. The van der Waals surface area contributed by atoms with Gasteiger partial charge in [-0.15, -0.1) is 10.2 Å². The zero-order valence-corrected chi connectivity index (χ0v) is 17.4. The van der Waals surface area contributed by atoms with Gasteiger partial charge in [0.05, 0.1) is 10.7 Å². The Morgan fingerprint density at radius 3 is 2.52 bits per heavy atom. The molecular formula is C19H14N7O6S+. The summed E-state index contributed by atoms with van der Waals surface area (Å²) in [7, 11) is 0. The number of nitro groups is 1. The number of carbonyl (C=O) groups is 1. The fourth-order valence-corrected chi connectivity index (χ4v) is 3.59. The first-order valence-electron chi connectivity index (χ1n) is 9.21. The highest BCUT2D eigenvalue weighted by Gasteiger charge is 2.30. The smallest absolute Gasteiger partial charge is 0.334 e. The number of benzene rings is 2. The zero-order valence-electron chi connectivity index (χ0n) is 16.6. The van der Waals surface area contributed by atoms with Crippen LogP contribution in [0.5, 0.6) is 0 Å². The summed E-state index contributed by atoms with van der Waals surface area (Å²) in [6.45, 7) is 0. The summed E-state index contributed by atoms with van der Waals surface area (Å²) in [5.41, 5.74) is -1.26. The van der Waals surface area contributed by atoms with E-state index in [1.54, 1.807) is 30.3 Å². The van der Waals surface area contributed by atoms with Crippen LogP contribution in [0.2, 0.25) is 0 Å². The van der Waals surface area contributed by atoms with E-state index in [-0.39, 0.29) is 28.0 Å². The molecule has 0 aliphatic carbocycles. The maximum absolute atomic E-state index is 12.7. The lowest BCUT2D eigenvalue weighted by Gasteiger charge is -2.06. The van der Waals surface area contributed by atoms with E-state index in [4.69, 9.17) is 10.4 Å². The summed E-state index contributed by atoms with van der Waals surface area (Å²) in [4.78, 5) is 47.6. The molecule has 0 radical (unpaired) electrons. The molecule has 0 spiro atoms. The van der Waals surface area contributed by atoms with E-state index in [0.29, 0.717) is 15.9 Å². The second-order valence-electron chi connectivity index (χ2n) is 6.52. The highest BCUT2D eigenvalue weighted by molar-refractivity contribution is 7.99. The van der Waals surface area contributed by atoms with Gasteiger partial charge >= 0.3 is 11.3 Å². The number of para-hydroxylation sites is 1. The molecule has 0 unspecified atom stereocenters. The fraction of sp³-hybridized carbons (Fsp3) is 0.0526. The van der Waals surface area contributed by atoms with E-state index in [0.717, 1.165) is 11.8 Å². The van der Waals surface area contributed by atoms with Gasteiger partial charge in [-0.2, -0.15) is 4.68 Å². The van der Waals surface area contributed by atoms with Gasteiger partial charge in [0.2, 0.25) is 16.6 Å². The molecule has 2 aromatic heterocycles. The number of carbonyl (C=O) groups excluding carboxylic acids is 1. The molecule has 0 saturated heterocycles. The molecular weight excluding hydrogens is 454 g/mol. The molecule has 2 aromatic carbocycles. The monoisotopic (exact) mass is 468 g/mol. The van der Waals surface area contributed by atoms with Crippen LogP contribution >= 0.6 is 11.8 Å². The van der Waals surface area contributed by atoms with Crippen molar-refractivity contribution in [3.63, 3.8) is 0 Å². The van der Waals surface area contributed by atoms with Crippen molar-refractivity contribution in [2.24, 2.45) is 0 Å². The van der Waals surface area contributed by atoms with Crippen LogP contribution in [0.3, 0.4) is 0 Å². The summed E-state index contributed by atoms with van der Waals surface area (Å²) in [6, 6.07) is 13.7. The van der Waals surface area contributed by atoms with Crippen LogP contribution < -0.4 is 21.7 Å². The predicted molar refractivity (Wildman–Crippen MR) is 114 cm³/mol. The van der Waals surface area contributed by atoms with Crippen molar-refractivity contribution in [2.45, 2.75) is 5.16 Å². The van der Waals surface area contributed by atoms with Crippen molar-refractivity contribution in [3.05, 3.63) is 91.2 Å². The third kappa shape index (κ3) is 4.27. The number of nitrogens with one attached hydrogen (secondary N) is 1. The molecule has 0 aliphatic heterocycles. The summed E-state index contributed by atoms with van der Waals surface area (Å²) in [5.74, 6) is 4.95. The highest BCUT2D eigenvalue weighted by Crippen LogP contribution is 2.19. The summed E-state index contributed by atoms with van der Waals surface area (Å²) >= 11 is 0.808. The number of aromatic amines is 1. The number of nitrogen functional groups attached to an aromatic ring is 1. The number of nitrogens with zero attached hydrogens (tertiary/aromatic N) is 5. The van der Waals surface area contributed by atoms with E-state index in [9.17, 15) is 24.5 Å². The summed E-state index contributed by atoms with van der Waals surface area (Å²) in [6.07, 6.45) is 0. The molecule has 0 aliphatic rings. The minimum absolute atomic E-state index is 0.0646. The Kier molecular flexibility index (Phi) is 5.82. The molecule has 4 aromatic rings. The number of ketones is 1. The van der Waals surface area contributed by atoms with E-state index in [2.05, 4.69) is 15.5 Å². The quantitative estimate of drug-likeness (QED) is 0.0964. The molecule has 3 N–H and O–H groups in total. The number of aromatic nitrogens is 5. The van der Waals surface area contributed by atoms with Gasteiger partial charge in [0.1, 0.15) is 0 Å². The lowest BCUT2D eigenvalue weighted by atomic mass is 10.1. The van der Waals surface area contributed by atoms with Crippen molar-refractivity contribution in [1.82, 2.24) is 20.1 Å². The van der Waals surface area contributed by atoms with Crippen LogP contribution in [0.1, 0.15) is 10.5 Å². The van der Waals surface area contributed by atoms with Gasteiger partial charge in [0.25, 0.3) is 11.2 Å². The topological polar surface area (TPSA) is 184 Å². The molecule has 13 nitrogen and oxygen atoms in total. The lowest BCUT2D eigenvalue weighted by molar-refractivity contribution is -0.672. The maximum atomic E-state index is 12.7. The van der Waals surface area contributed by atoms with Gasteiger partial charge in [-0.05, 0) is 22.1 Å². The number of H-pyrrole nitrogens is 1. The first-order chi connectivity index (χ1) is 15.9. The fourth-order valence-electron chi connectivity index (χ4n) is 2.87. The number of nitro benzene ring substituents is 1. The third-order valence-corrected chi connectivity index (χ3v) is 5.42. The zero-order chi connectivity index (χ0) is 23.5. The number of hydrogen-bond donors (Lipinski definition) is 2. The second-order valence-corrected chi connectivity index (χ2v) is 7.47. The molecule has 2 heterocycles. The van der Waals surface area contributed by atoms with Gasteiger partial charge in [0, 0.05) is 29.8 Å². The van der Waals surface area contributed by atoms with Crippen LogP contribution in [0.4, 0.5) is 5.69 Å². The van der Waals surface area contributed by atoms with Crippen LogP contribution in [0.25, 0.3) is 16.9 Å². The molecule has 0 saturated carbocycles. The average molecular weight is 468 g/mol. The van der Waals surface area contributed by atoms with E-state index in [1.165, 1.54) is 28.9 Å². The molecule has 0 atom stereocenters. The van der Waals surface area contributed by atoms with Crippen molar-refractivity contribution in [2.75, 3.05) is 11.6 Å². The number of hydrogen-bond acceptors (Lipinski definition) is 10. The molecule has 4 rings (SSSR count). The van der Waals surface area contributed by atoms with Crippen molar-refractivity contribution in [1.29, 1.82) is 0 Å².